The zero-order valence-corrected chi connectivity index (χ0v) is 29.5. The van der Waals surface area contributed by atoms with Gasteiger partial charge in [0.1, 0.15) is 11.5 Å². The molecule has 0 bridgehead atoms. The van der Waals surface area contributed by atoms with Crippen LogP contribution in [0.5, 0.6) is 5.75 Å². The van der Waals surface area contributed by atoms with Crippen molar-refractivity contribution in [1.82, 2.24) is 19.5 Å². The van der Waals surface area contributed by atoms with Gasteiger partial charge in [-0.3, -0.25) is 0 Å². The van der Waals surface area contributed by atoms with Crippen LogP contribution in [0.3, 0.4) is 0 Å². The minimum atomic E-state index is -1.33. The Morgan fingerprint density at radius 2 is 1.84 bits per heavy atom. The SMILES string of the molecule is Cc1nc2c(cc(-c3ccnc(N4CCN(c5nccs5)CC4)c3)n2C)c(-c2cc(F)c3c(c2C)CCCO3)c1[C@H](OC(C)(C)C)C(=O)O. The number of carboxylic acid groups (broad SMARTS) is 1. The minimum Gasteiger partial charge on any atom is -0.490 e. The molecule has 7 rings (SSSR count). The molecule has 0 amide bonds. The fraction of sp³-hybridized carbons (Fsp3) is 0.405. The monoisotopic (exact) mass is 684 g/mol. The zero-order valence-electron chi connectivity index (χ0n) is 28.7. The van der Waals surface area contributed by atoms with Crippen molar-refractivity contribution < 1.29 is 23.8 Å². The summed E-state index contributed by atoms with van der Waals surface area (Å²) in [5, 5.41) is 14.3. The van der Waals surface area contributed by atoms with Gasteiger partial charge in [-0.1, -0.05) is 0 Å². The predicted octanol–water partition coefficient (Wildman–Crippen LogP) is 7.11. The minimum absolute atomic E-state index is 0.280. The number of hydrogen-bond donors (Lipinski definition) is 1. The summed E-state index contributed by atoms with van der Waals surface area (Å²) in [6, 6.07) is 7.57. The van der Waals surface area contributed by atoms with Gasteiger partial charge < -0.3 is 28.9 Å². The van der Waals surface area contributed by atoms with Crippen LogP contribution in [-0.2, 0) is 23.0 Å². The first-order chi connectivity index (χ1) is 23.4. The lowest BCUT2D eigenvalue weighted by Crippen LogP contribution is -2.46. The standard InChI is InChI=1S/C37H41FN6O4S/c1-21-24-8-7-16-47-32(24)27(38)19-25(21)31-26-20-28(42(6)34(26)41-22(2)30(31)33(35(45)46)48-37(3,4)5)23-9-10-39-29(18-23)43-12-14-44(15-13-43)36-40-11-17-49-36/h9-11,17-20,33H,7-8,12-16H2,1-6H3,(H,45,46)/t33-/m0/s1. The Morgan fingerprint density at radius 1 is 1.08 bits per heavy atom. The van der Waals surface area contributed by atoms with Gasteiger partial charge in [-0.05, 0) is 82.9 Å². The van der Waals surface area contributed by atoms with E-state index in [0.717, 1.165) is 71.3 Å². The topological polar surface area (TPSA) is 106 Å². The lowest BCUT2D eigenvalue weighted by Gasteiger charge is -2.35. The molecule has 1 aromatic carbocycles. The maximum absolute atomic E-state index is 15.8. The van der Waals surface area contributed by atoms with Crippen molar-refractivity contribution in [2.24, 2.45) is 7.05 Å². The molecule has 0 spiro atoms. The van der Waals surface area contributed by atoms with E-state index >= 15 is 4.39 Å². The van der Waals surface area contributed by atoms with Crippen molar-refractivity contribution in [2.45, 2.75) is 59.2 Å². The molecule has 10 nitrogen and oxygen atoms in total. The van der Waals surface area contributed by atoms with E-state index in [0.29, 0.717) is 41.1 Å². The summed E-state index contributed by atoms with van der Waals surface area (Å²) in [6.07, 6.45) is 3.78. The number of nitrogens with zero attached hydrogens (tertiary/aromatic N) is 6. The molecule has 256 valence electrons. The molecule has 49 heavy (non-hydrogen) atoms. The molecule has 1 N–H and O–H groups in total. The lowest BCUT2D eigenvalue weighted by molar-refractivity contribution is -0.160. The molecule has 2 aliphatic heterocycles. The second-order valence-electron chi connectivity index (χ2n) is 13.7. The normalized spacial score (nSPS) is 15.7. The summed E-state index contributed by atoms with van der Waals surface area (Å²) in [5.41, 5.74) is 5.53. The Morgan fingerprint density at radius 3 is 2.53 bits per heavy atom. The molecule has 1 saturated heterocycles. The number of carbonyl (C=O) groups is 1. The van der Waals surface area contributed by atoms with E-state index in [-0.39, 0.29) is 5.75 Å². The smallest absolute Gasteiger partial charge is 0.337 e. The number of fused-ring (bicyclic) bond motifs is 2. The van der Waals surface area contributed by atoms with Gasteiger partial charge in [0, 0.05) is 84.3 Å². The number of aliphatic carboxylic acids is 1. The summed E-state index contributed by atoms with van der Waals surface area (Å²) < 4.78 is 29.8. The van der Waals surface area contributed by atoms with Crippen LogP contribution in [0.15, 0.2) is 42.0 Å². The molecular weight excluding hydrogens is 644 g/mol. The molecule has 4 aromatic heterocycles. The van der Waals surface area contributed by atoms with Crippen molar-refractivity contribution in [3.63, 3.8) is 0 Å². The van der Waals surface area contributed by atoms with Gasteiger partial charge in [-0.25, -0.2) is 24.1 Å². The predicted molar refractivity (Wildman–Crippen MR) is 190 cm³/mol. The van der Waals surface area contributed by atoms with Crippen molar-refractivity contribution >= 4 is 39.3 Å². The highest BCUT2D eigenvalue weighted by Gasteiger charge is 2.34. The number of thiazole rings is 1. The summed E-state index contributed by atoms with van der Waals surface area (Å²) in [4.78, 5) is 31.7. The first-order valence-corrected chi connectivity index (χ1v) is 17.5. The largest absolute Gasteiger partial charge is 0.490 e. The van der Waals surface area contributed by atoms with Crippen LogP contribution in [0.25, 0.3) is 33.4 Å². The second kappa shape index (κ2) is 12.7. The van der Waals surface area contributed by atoms with Crippen LogP contribution < -0.4 is 14.5 Å². The van der Waals surface area contributed by atoms with Crippen LogP contribution in [0.1, 0.15) is 55.7 Å². The molecule has 0 saturated carbocycles. The average Bonchev–Trinajstić information content (AvgIpc) is 3.73. The number of pyridine rings is 2. The number of ether oxygens (including phenoxy) is 2. The van der Waals surface area contributed by atoms with E-state index in [9.17, 15) is 9.90 Å². The fourth-order valence-corrected chi connectivity index (χ4v) is 7.80. The van der Waals surface area contributed by atoms with Gasteiger partial charge in [0.25, 0.3) is 0 Å². The van der Waals surface area contributed by atoms with E-state index in [1.807, 2.05) is 69.2 Å². The molecule has 5 aromatic rings. The molecule has 6 heterocycles. The number of aryl methyl sites for hydroxylation is 2. The third-order valence-corrected chi connectivity index (χ3v) is 10.2. The van der Waals surface area contributed by atoms with Gasteiger partial charge in [-0.15, -0.1) is 11.3 Å². The Bertz CT molecular complexity index is 2050. The number of hydrogen-bond acceptors (Lipinski definition) is 9. The number of halogens is 1. The highest BCUT2D eigenvalue weighted by atomic mass is 32.1. The number of benzene rings is 1. The molecule has 0 aliphatic carbocycles. The third-order valence-electron chi connectivity index (χ3n) is 9.40. The van der Waals surface area contributed by atoms with Gasteiger partial charge >= 0.3 is 5.97 Å². The van der Waals surface area contributed by atoms with E-state index in [2.05, 4.69) is 20.9 Å². The van der Waals surface area contributed by atoms with Crippen molar-refractivity contribution in [1.29, 1.82) is 0 Å². The van der Waals surface area contributed by atoms with Crippen LogP contribution in [0.4, 0.5) is 15.3 Å². The maximum atomic E-state index is 15.8. The van der Waals surface area contributed by atoms with E-state index in [1.165, 1.54) is 6.07 Å². The molecule has 12 heteroatoms. The van der Waals surface area contributed by atoms with Crippen LogP contribution >= 0.6 is 11.3 Å². The highest BCUT2D eigenvalue weighted by Crippen LogP contribution is 2.45. The summed E-state index contributed by atoms with van der Waals surface area (Å²) >= 11 is 1.65. The highest BCUT2D eigenvalue weighted by molar-refractivity contribution is 7.13. The number of rotatable bonds is 7. The van der Waals surface area contributed by atoms with E-state index in [4.69, 9.17) is 19.4 Å². The van der Waals surface area contributed by atoms with Crippen molar-refractivity contribution in [3.05, 3.63) is 70.2 Å². The van der Waals surface area contributed by atoms with Crippen LogP contribution in [0, 0.1) is 19.7 Å². The summed E-state index contributed by atoms with van der Waals surface area (Å²) in [5.74, 6) is -0.437. The second-order valence-corrected chi connectivity index (χ2v) is 14.6. The Labute approximate surface area is 289 Å². The first-order valence-electron chi connectivity index (χ1n) is 16.6. The molecule has 0 radical (unpaired) electrons. The molecular formula is C37H41FN6O4S. The van der Waals surface area contributed by atoms with Crippen LogP contribution in [0.2, 0.25) is 0 Å². The van der Waals surface area contributed by atoms with Crippen LogP contribution in [-0.4, -0.2) is 69.0 Å². The molecule has 1 atom stereocenters. The summed E-state index contributed by atoms with van der Waals surface area (Å²) in [7, 11) is 1.95. The van der Waals surface area contributed by atoms with Crippen molar-refractivity contribution in [2.75, 3.05) is 42.6 Å². The zero-order chi connectivity index (χ0) is 34.6. The number of anilines is 2. The van der Waals surface area contributed by atoms with Crippen molar-refractivity contribution in [3.8, 4) is 28.1 Å². The number of piperazine rings is 1. The average molecular weight is 685 g/mol. The maximum Gasteiger partial charge on any atom is 0.337 e. The third kappa shape index (κ3) is 6.12. The molecule has 0 unspecified atom stereocenters. The number of carboxylic acids is 1. The quantitative estimate of drug-likeness (QED) is 0.192. The van der Waals surface area contributed by atoms with Gasteiger partial charge in [-0.2, -0.15) is 0 Å². The van der Waals surface area contributed by atoms with Gasteiger partial charge in [0.2, 0.25) is 0 Å². The van der Waals surface area contributed by atoms with Gasteiger partial charge in [0.15, 0.2) is 22.8 Å². The van der Waals surface area contributed by atoms with E-state index in [1.54, 1.807) is 18.3 Å². The Hall–Kier alpha value is -4.55. The van der Waals surface area contributed by atoms with E-state index < -0.39 is 23.5 Å². The molecule has 2 aliphatic rings. The lowest BCUT2D eigenvalue weighted by atomic mass is 9.86. The summed E-state index contributed by atoms with van der Waals surface area (Å²) in [6.45, 7) is 13.0. The Balaban J connectivity index is 1.38. The number of aromatic nitrogens is 4. The fourth-order valence-electron chi connectivity index (χ4n) is 7.10. The Kier molecular flexibility index (Phi) is 8.56. The van der Waals surface area contributed by atoms with Gasteiger partial charge in [0.05, 0.1) is 17.9 Å². The first kappa shape index (κ1) is 33.0. The molecule has 1 fully saturated rings.